The van der Waals surface area contributed by atoms with Gasteiger partial charge in [0.25, 0.3) is 0 Å². The number of hydrogen-bond donors (Lipinski definition) is 2. The lowest BCUT2D eigenvalue weighted by Crippen LogP contribution is -2.20. The summed E-state index contributed by atoms with van der Waals surface area (Å²) in [7, 11) is 0. The number of aryl methyl sites for hydroxylation is 2. The van der Waals surface area contributed by atoms with Gasteiger partial charge in [0.1, 0.15) is 11.1 Å². The average molecular weight is 452 g/mol. The Kier molecular flexibility index (Phi) is 8.05. The molecule has 0 aliphatic carbocycles. The molecule has 3 rings (SSSR count). The van der Waals surface area contributed by atoms with Crippen molar-refractivity contribution < 1.29 is 9.59 Å². The summed E-state index contributed by atoms with van der Waals surface area (Å²) in [5, 5.41) is 11.8. The van der Waals surface area contributed by atoms with E-state index in [0.29, 0.717) is 29.9 Å². The van der Waals surface area contributed by atoms with E-state index in [2.05, 4.69) is 29.4 Å². The van der Waals surface area contributed by atoms with Crippen LogP contribution in [-0.4, -0.2) is 26.6 Å². The number of hydrogen-bond acceptors (Lipinski definition) is 5. The van der Waals surface area contributed by atoms with Crippen LogP contribution < -0.4 is 11.1 Å². The number of amides is 2. The predicted octanol–water partition coefficient (Wildman–Crippen LogP) is 4.13. The van der Waals surface area contributed by atoms with Crippen LogP contribution in [0.15, 0.2) is 59.8 Å². The molecule has 0 fully saturated rings. The van der Waals surface area contributed by atoms with Gasteiger partial charge in [-0.25, -0.2) is 0 Å². The largest absolute Gasteiger partial charge is 0.370 e. The number of benzene rings is 2. The Bertz CT molecular complexity index is 1050. The van der Waals surface area contributed by atoms with Crippen molar-refractivity contribution in [2.45, 2.75) is 50.6 Å². The lowest BCUT2D eigenvalue weighted by Gasteiger charge is -2.18. The fraction of sp³-hybridized carbons (Fsp3) is 0.333. The van der Waals surface area contributed by atoms with E-state index in [1.165, 1.54) is 11.8 Å². The Morgan fingerprint density at radius 3 is 2.38 bits per heavy atom. The third kappa shape index (κ3) is 6.43. The standard InChI is InChI=1S/C24H29N5O2S/c1-16(2)15-29-21(14-13-20(25)30)27-28-24(29)32-22(18-7-5-4-6-8-18)23(31)26-19-11-9-17(3)10-12-19/h4-12,16,22H,13-15H2,1-3H3,(H2,25,30)(H,26,31)/t22-/m1/s1. The number of primary amides is 1. The van der Waals surface area contributed by atoms with Gasteiger partial charge < -0.3 is 15.6 Å². The summed E-state index contributed by atoms with van der Waals surface area (Å²) in [6, 6.07) is 17.3. The highest BCUT2D eigenvalue weighted by molar-refractivity contribution is 8.00. The van der Waals surface area contributed by atoms with Gasteiger partial charge in [-0.2, -0.15) is 0 Å². The number of anilines is 1. The topological polar surface area (TPSA) is 103 Å². The van der Waals surface area contributed by atoms with E-state index in [0.717, 1.165) is 16.8 Å². The maximum Gasteiger partial charge on any atom is 0.242 e. The van der Waals surface area contributed by atoms with Crippen LogP contribution in [0.3, 0.4) is 0 Å². The molecule has 1 aromatic heterocycles. The van der Waals surface area contributed by atoms with Crippen molar-refractivity contribution >= 4 is 29.3 Å². The minimum absolute atomic E-state index is 0.136. The van der Waals surface area contributed by atoms with Gasteiger partial charge >= 0.3 is 0 Å². The minimum atomic E-state index is -0.517. The van der Waals surface area contributed by atoms with Gasteiger partial charge in [0.15, 0.2) is 5.16 Å². The molecule has 1 atom stereocenters. The number of rotatable bonds is 10. The van der Waals surface area contributed by atoms with Crippen LogP contribution in [0, 0.1) is 12.8 Å². The average Bonchev–Trinajstić information content (AvgIpc) is 3.13. The first-order valence-electron chi connectivity index (χ1n) is 10.6. The van der Waals surface area contributed by atoms with Gasteiger partial charge in [0, 0.05) is 25.1 Å². The highest BCUT2D eigenvalue weighted by Crippen LogP contribution is 2.36. The molecule has 7 nitrogen and oxygen atoms in total. The van der Waals surface area contributed by atoms with E-state index in [-0.39, 0.29) is 18.2 Å². The Hall–Kier alpha value is -3.13. The van der Waals surface area contributed by atoms with E-state index < -0.39 is 5.25 Å². The lowest BCUT2D eigenvalue weighted by molar-refractivity contribution is -0.118. The zero-order valence-electron chi connectivity index (χ0n) is 18.6. The SMILES string of the molecule is Cc1ccc(NC(=O)[C@H](Sc2nnc(CCC(N)=O)n2CC(C)C)c2ccccc2)cc1. The first-order valence-corrected chi connectivity index (χ1v) is 11.5. The maximum atomic E-state index is 13.3. The highest BCUT2D eigenvalue weighted by atomic mass is 32.2. The molecule has 32 heavy (non-hydrogen) atoms. The molecule has 0 aliphatic rings. The summed E-state index contributed by atoms with van der Waals surface area (Å²) in [5.74, 6) is 0.528. The maximum absolute atomic E-state index is 13.3. The third-order valence-corrected chi connectivity index (χ3v) is 6.05. The molecule has 3 N–H and O–H groups in total. The molecular formula is C24H29N5O2S. The van der Waals surface area contributed by atoms with Crippen molar-refractivity contribution in [1.82, 2.24) is 14.8 Å². The zero-order chi connectivity index (χ0) is 23.1. The van der Waals surface area contributed by atoms with Gasteiger partial charge in [0.05, 0.1) is 0 Å². The normalized spacial score (nSPS) is 12.0. The molecular weight excluding hydrogens is 422 g/mol. The number of nitrogens with zero attached hydrogens (tertiary/aromatic N) is 3. The van der Waals surface area contributed by atoms with Crippen molar-refractivity contribution in [1.29, 1.82) is 0 Å². The molecule has 0 saturated heterocycles. The number of nitrogens with one attached hydrogen (secondary N) is 1. The Labute approximate surface area is 192 Å². The molecule has 0 bridgehead atoms. The van der Waals surface area contributed by atoms with E-state index in [4.69, 9.17) is 5.73 Å². The van der Waals surface area contributed by atoms with Crippen molar-refractivity contribution in [3.8, 4) is 0 Å². The van der Waals surface area contributed by atoms with Crippen molar-refractivity contribution in [3.63, 3.8) is 0 Å². The van der Waals surface area contributed by atoms with Crippen LogP contribution in [0.4, 0.5) is 5.69 Å². The van der Waals surface area contributed by atoms with Gasteiger partial charge in [-0.3, -0.25) is 9.59 Å². The fourth-order valence-electron chi connectivity index (χ4n) is 3.23. The quantitative estimate of drug-likeness (QED) is 0.451. The number of carbonyl (C=O) groups excluding carboxylic acids is 2. The first-order chi connectivity index (χ1) is 15.3. The third-order valence-electron chi connectivity index (χ3n) is 4.82. The van der Waals surface area contributed by atoms with Crippen LogP contribution >= 0.6 is 11.8 Å². The number of thioether (sulfide) groups is 1. The summed E-state index contributed by atoms with van der Waals surface area (Å²) in [5.41, 5.74) is 8.07. The van der Waals surface area contributed by atoms with E-state index >= 15 is 0 Å². The second-order valence-electron chi connectivity index (χ2n) is 8.13. The fourth-order valence-corrected chi connectivity index (χ4v) is 4.29. The number of nitrogens with two attached hydrogens (primary N) is 1. The molecule has 0 unspecified atom stereocenters. The van der Waals surface area contributed by atoms with Crippen molar-refractivity contribution in [3.05, 3.63) is 71.5 Å². The number of aromatic nitrogens is 3. The first kappa shape index (κ1) is 23.5. The lowest BCUT2D eigenvalue weighted by atomic mass is 10.1. The molecule has 1 heterocycles. The van der Waals surface area contributed by atoms with Crippen LogP contribution in [0.5, 0.6) is 0 Å². The molecule has 8 heteroatoms. The van der Waals surface area contributed by atoms with E-state index in [9.17, 15) is 9.59 Å². The smallest absolute Gasteiger partial charge is 0.242 e. The van der Waals surface area contributed by atoms with Gasteiger partial charge in [0.2, 0.25) is 11.8 Å². The van der Waals surface area contributed by atoms with Crippen LogP contribution in [-0.2, 0) is 22.6 Å². The van der Waals surface area contributed by atoms with Crippen molar-refractivity contribution in [2.75, 3.05) is 5.32 Å². The molecule has 0 saturated carbocycles. The molecule has 2 aromatic carbocycles. The minimum Gasteiger partial charge on any atom is -0.370 e. The molecule has 3 aromatic rings. The Morgan fingerprint density at radius 2 is 1.75 bits per heavy atom. The zero-order valence-corrected chi connectivity index (χ0v) is 19.4. The summed E-state index contributed by atoms with van der Waals surface area (Å²) in [4.78, 5) is 24.6. The van der Waals surface area contributed by atoms with Crippen LogP contribution in [0.25, 0.3) is 0 Å². The van der Waals surface area contributed by atoms with Gasteiger partial charge in [-0.1, -0.05) is 73.6 Å². The van der Waals surface area contributed by atoms with Gasteiger partial charge in [-0.15, -0.1) is 10.2 Å². The van der Waals surface area contributed by atoms with Crippen LogP contribution in [0.2, 0.25) is 0 Å². The summed E-state index contributed by atoms with van der Waals surface area (Å²) in [6.45, 7) is 6.90. The molecule has 0 aliphatic heterocycles. The number of carbonyl (C=O) groups is 2. The van der Waals surface area contributed by atoms with Gasteiger partial charge in [-0.05, 0) is 30.5 Å². The Morgan fingerprint density at radius 1 is 1.06 bits per heavy atom. The summed E-state index contributed by atoms with van der Waals surface area (Å²) in [6.07, 6.45) is 0.623. The molecule has 0 radical (unpaired) electrons. The summed E-state index contributed by atoms with van der Waals surface area (Å²) >= 11 is 1.36. The van der Waals surface area contributed by atoms with E-state index in [1.54, 1.807) is 0 Å². The second kappa shape index (κ2) is 10.9. The second-order valence-corrected chi connectivity index (χ2v) is 9.21. The molecule has 0 spiro atoms. The Balaban J connectivity index is 1.90. The summed E-state index contributed by atoms with van der Waals surface area (Å²) < 4.78 is 1.99. The van der Waals surface area contributed by atoms with Crippen LogP contribution in [0.1, 0.15) is 42.5 Å². The predicted molar refractivity (Wildman–Crippen MR) is 127 cm³/mol. The molecule has 2 amide bonds. The van der Waals surface area contributed by atoms with E-state index in [1.807, 2.05) is 66.1 Å². The molecule has 168 valence electrons. The monoisotopic (exact) mass is 451 g/mol. The highest BCUT2D eigenvalue weighted by Gasteiger charge is 2.26. The van der Waals surface area contributed by atoms with Crippen molar-refractivity contribution in [2.24, 2.45) is 11.7 Å².